The Morgan fingerprint density at radius 2 is 1.91 bits per heavy atom. The fourth-order valence-electron chi connectivity index (χ4n) is 3.72. The van der Waals surface area contributed by atoms with Crippen molar-refractivity contribution in [1.29, 1.82) is 0 Å². The summed E-state index contributed by atoms with van der Waals surface area (Å²) in [6.45, 7) is 1.24. The number of amides is 2. The van der Waals surface area contributed by atoms with E-state index in [1.54, 1.807) is 16.8 Å². The normalized spacial score (nSPS) is 24.5. The molecule has 3 heterocycles. The van der Waals surface area contributed by atoms with E-state index >= 15 is 0 Å². The Bertz CT molecular complexity index is 752. The number of H-pyrrole nitrogens is 2. The van der Waals surface area contributed by atoms with E-state index in [4.69, 9.17) is 0 Å². The Morgan fingerprint density at radius 1 is 1.22 bits per heavy atom. The van der Waals surface area contributed by atoms with Gasteiger partial charge in [0.2, 0.25) is 11.8 Å². The maximum absolute atomic E-state index is 12.7. The molecule has 2 aliphatic heterocycles. The van der Waals surface area contributed by atoms with Crippen molar-refractivity contribution in [3.05, 3.63) is 32.6 Å². The molecule has 2 fully saturated rings. The number of carbonyl (C=O) groups excluding carboxylic acids is 2. The highest BCUT2D eigenvalue weighted by Crippen LogP contribution is 2.38. The summed E-state index contributed by atoms with van der Waals surface area (Å²) in [4.78, 5) is 55.9. The lowest BCUT2D eigenvalue weighted by Gasteiger charge is -2.43. The third kappa shape index (κ3) is 2.58. The third-order valence-electron chi connectivity index (χ3n) is 4.86. The van der Waals surface area contributed by atoms with Gasteiger partial charge in [-0.3, -0.25) is 19.4 Å². The molecule has 0 aliphatic carbocycles. The molecule has 23 heavy (non-hydrogen) atoms. The average molecular weight is 320 g/mol. The van der Waals surface area contributed by atoms with Gasteiger partial charge in [0.25, 0.3) is 5.56 Å². The van der Waals surface area contributed by atoms with E-state index in [1.807, 2.05) is 0 Å². The van der Waals surface area contributed by atoms with Gasteiger partial charge in [-0.25, -0.2) is 4.79 Å². The average Bonchev–Trinajstić information content (AvgIpc) is 2.92. The maximum Gasteiger partial charge on any atom is 0.325 e. The van der Waals surface area contributed by atoms with E-state index in [0.717, 1.165) is 12.8 Å². The predicted octanol–water partition coefficient (Wildman–Crippen LogP) is -0.781. The predicted molar refractivity (Wildman–Crippen MR) is 81.9 cm³/mol. The summed E-state index contributed by atoms with van der Waals surface area (Å²) in [5.74, 6) is -0.256. The Hall–Kier alpha value is -2.38. The minimum atomic E-state index is -0.751. The van der Waals surface area contributed by atoms with Gasteiger partial charge in [0, 0.05) is 31.9 Å². The first-order chi connectivity index (χ1) is 10.9. The molecule has 1 unspecified atom stereocenters. The first-order valence-electron chi connectivity index (χ1n) is 7.81. The van der Waals surface area contributed by atoms with Crippen molar-refractivity contribution in [3.8, 4) is 0 Å². The van der Waals surface area contributed by atoms with Crippen LogP contribution in [0.1, 0.15) is 31.2 Å². The summed E-state index contributed by atoms with van der Waals surface area (Å²) in [5.41, 5.74) is -1.72. The highest BCUT2D eigenvalue weighted by atomic mass is 16.2. The van der Waals surface area contributed by atoms with Crippen LogP contribution in [0.4, 0.5) is 0 Å². The zero-order chi connectivity index (χ0) is 16.6. The molecule has 0 bridgehead atoms. The number of likely N-dealkylation sites (N-methyl/N-ethyl adjacent to an activating group) is 1. The summed E-state index contributed by atoms with van der Waals surface area (Å²) in [7, 11) is 1.76. The second-order valence-electron chi connectivity index (χ2n) is 6.28. The van der Waals surface area contributed by atoms with Gasteiger partial charge in [-0.05, 0) is 25.7 Å². The lowest BCUT2D eigenvalue weighted by Crippen LogP contribution is -2.60. The number of aromatic amines is 2. The standard InChI is InChI=1S/C15H20N4O4/c1-18-6-2-4-15(13(18)22)5-3-7-19(15)11(20)8-10-9-16-14(23)17-12(10)21/h9H,2-8H2,1H3,(H2,16,17,21,23). The smallest absolute Gasteiger partial charge is 0.325 e. The van der Waals surface area contributed by atoms with Crippen molar-refractivity contribution in [2.45, 2.75) is 37.6 Å². The van der Waals surface area contributed by atoms with E-state index in [-0.39, 0.29) is 23.8 Å². The topological polar surface area (TPSA) is 106 Å². The summed E-state index contributed by atoms with van der Waals surface area (Å²) in [5, 5.41) is 0. The molecule has 0 radical (unpaired) electrons. The van der Waals surface area contributed by atoms with Crippen LogP contribution in [-0.2, 0) is 16.0 Å². The summed E-state index contributed by atoms with van der Waals surface area (Å²) in [6, 6.07) is 0. The molecule has 2 saturated heterocycles. The van der Waals surface area contributed by atoms with E-state index in [1.165, 1.54) is 6.20 Å². The van der Waals surface area contributed by atoms with Crippen LogP contribution in [0.15, 0.2) is 15.8 Å². The Morgan fingerprint density at radius 3 is 2.61 bits per heavy atom. The Balaban J connectivity index is 1.85. The highest BCUT2D eigenvalue weighted by molar-refractivity contribution is 5.93. The second kappa shape index (κ2) is 5.68. The number of nitrogens with one attached hydrogen (secondary N) is 2. The summed E-state index contributed by atoms with van der Waals surface area (Å²) in [6.07, 6.45) is 4.13. The van der Waals surface area contributed by atoms with Crippen LogP contribution < -0.4 is 11.2 Å². The van der Waals surface area contributed by atoms with Crippen LogP contribution in [0.2, 0.25) is 0 Å². The minimum Gasteiger partial charge on any atom is -0.344 e. The van der Waals surface area contributed by atoms with Crippen molar-refractivity contribution in [2.24, 2.45) is 0 Å². The first-order valence-corrected chi connectivity index (χ1v) is 7.81. The monoisotopic (exact) mass is 320 g/mol. The molecular weight excluding hydrogens is 300 g/mol. The van der Waals surface area contributed by atoms with E-state index in [9.17, 15) is 19.2 Å². The highest BCUT2D eigenvalue weighted by Gasteiger charge is 2.51. The zero-order valence-corrected chi connectivity index (χ0v) is 13.1. The van der Waals surface area contributed by atoms with Crippen LogP contribution in [0.3, 0.4) is 0 Å². The molecule has 2 aliphatic rings. The van der Waals surface area contributed by atoms with E-state index < -0.39 is 16.8 Å². The molecule has 8 nitrogen and oxygen atoms in total. The quantitative estimate of drug-likeness (QED) is 0.745. The molecule has 0 saturated carbocycles. The Kier molecular flexibility index (Phi) is 3.83. The molecule has 2 N–H and O–H groups in total. The molecule has 1 aromatic rings. The van der Waals surface area contributed by atoms with Crippen LogP contribution in [0.5, 0.6) is 0 Å². The number of piperidine rings is 1. The van der Waals surface area contributed by atoms with Crippen molar-refractivity contribution < 1.29 is 9.59 Å². The van der Waals surface area contributed by atoms with E-state index in [0.29, 0.717) is 25.9 Å². The van der Waals surface area contributed by atoms with Crippen molar-refractivity contribution >= 4 is 11.8 Å². The number of carbonyl (C=O) groups is 2. The van der Waals surface area contributed by atoms with Gasteiger partial charge in [-0.15, -0.1) is 0 Å². The fraction of sp³-hybridized carbons (Fsp3) is 0.600. The molecule has 3 rings (SSSR count). The molecule has 1 spiro atoms. The van der Waals surface area contributed by atoms with Gasteiger partial charge in [-0.2, -0.15) is 0 Å². The zero-order valence-electron chi connectivity index (χ0n) is 13.1. The van der Waals surface area contributed by atoms with E-state index in [2.05, 4.69) is 9.97 Å². The van der Waals surface area contributed by atoms with Gasteiger partial charge >= 0.3 is 5.69 Å². The number of aromatic nitrogens is 2. The summed E-state index contributed by atoms with van der Waals surface area (Å²) >= 11 is 0. The van der Waals surface area contributed by atoms with Crippen molar-refractivity contribution in [1.82, 2.24) is 19.8 Å². The second-order valence-corrected chi connectivity index (χ2v) is 6.28. The van der Waals surface area contributed by atoms with Crippen LogP contribution in [0.25, 0.3) is 0 Å². The molecular formula is C15H20N4O4. The molecule has 1 atom stereocenters. The third-order valence-corrected chi connectivity index (χ3v) is 4.86. The molecule has 0 aromatic carbocycles. The largest absolute Gasteiger partial charge is 0.344 e. The van der Waals surface area contributed by atoms with Gasteiger partial charge < -0.3 is 14.8 Å². The maximum atomic E-state index is 12.7. The van der Waals surface area contributed by atoms with Gasteiger partial charge in [0.1, 0.15) is 5.54 Å². The van der Waals surface area contributed by atoms with Crippen molar-refractivity contribution in [2.75, 3.05) is 20.1 Å². The number of hydrogen-bond acceptors (Lipinski definition) is 4. The summed E-state index contributed by atoms with van der Waals surface area (Å²) < 4.78 is 0. The van der Waals surface area contributed by atoms with Gasteiger partial charge in [0.15, 0.2) is 0 Å². The first kappa shape index (κ1) is 15.5. The Labute approximate surface area is 132 Å². The van der Waals surface area contributed by atoms with Gasteiger partial charge in [0.05, 0.1) is 6.42 Å². The number of nitrogens with zero attached hydrogens (tertiary/aromatic N) is 2. The number of rotatable bonds is 2. The molecule has 1 aromatic heterocycles. The lowest BCUT2D eigenvalue weighted by molar-refractivity contribution is -0.153. The lowest BCUT2D eigenvalue weighted by atomic mass is 9.85. The molecule has 2 amide bonds. The molecule has 124 valence electrons. The SMILES string of the molecule is CN1CCCC2(CCCN2C(=O)Cc2c[nH]c(=O)[nH]c2=O)C1=O. The van der Waals surface area contributed by atoms with Crippen molar-refractivity contribution in [3.63, 3.8) is 0 Å². The van der Waals surface area contributed by atoms with Crippen LogP contribution in [0, 0.1) is 0 Å². The van der Waals surface area contributed by atoms with Crippen LogP contribution >= 0.6 is 0 Å². The van der Waals surface area contributed by atoms with Crippen LogP contribution in [-0.4, -0.2) is 57.3 Å². The number of likely N-dealkylation sites (tertiary alicyclic amines) is 2. The molecule has 8 heteroatoms. The fourth-order valence-corrected chi connectivity index (χ4v) is 3.72. The van der Waals surface area contributed by atoms with Gasteiger partial charge in [-0.1, -0.05) is 0 Å². The minimum absolute atomic E-state index is 0.00928. The number of hydrogen-bond donors (Lipinski definition) is 2.